The van der Waals surface area contributed by atoms with Crippen molar-refractivity contribution in [3.05, 3.63) is 36.4 Å². The molecule has 2 aromatic rings. The maximum Gasteiger partial charge on any atom is 0.233 e. The van der Waals surface area contributed by atoms with Crippen LogP contribution in [0.3, 0.4) is 0 Å². The second-order valence-corrected chi connectivity index (χ2v) is 7.39. The van der Waals surface area contributed by atoms with Crippen molar-refractivity contribution in [2.75, 3.05) is 38.1 Å². The van der Waals surface area contributed by atoms with Crippen LogP contribution >= 0.6 is 0 Å². The molecule has 0 saturated carbocycles. The van der Waals surface area contributed by atoms with E-state index in [1.54, 1.807) is 0 Å². The molecule has 4 rings (SSSR count). The van der Waals surface area contributed by atoms with Gasteiger partial charge in [-0.05, 0) is 38.4 Å². The van der Waals surface area contributed by atoms with Crippen LogP contribution in [0.2, 0.25) is 0 Å². The van der Waals surface area contributed by atoms with Gasteiger partial charge >= 0.3 is 0 Å². The lowest BCUT2D eigenvalue weighted by Gasteiger charge is -2.34. The zero-order chi connectivity index (χ0) is 17.3. The first-order chi connectivity index (χ1) is 12.1. The van der Waals surface area contributed by atoms with Gasteiger partial charge in [-0.15, -0.1) is 0 Å². The van der Waals surface area contributed by atoms with Crippen molar-refractivity contribution in [2.24, 2.45) is 0 Å². The molecular formula is C19H25N5O. The number of likely N-dealkylation sites (N-methyl/N-ethyl adjacent to an activating group) is 1. The van der Waals surface area contributed by atoms with Gasteiger partial charge < -0.3 is 14.3 Å². The third-order valence-electron chi connectivity index (χ3n) is 5.38. The Bertz CT molecular complexity index is 763. The molecular weight excluding hydrogens is 314 g/mol. The highest BCUT2D eigenvalue weighted by Crippen LogP contribution is 2.35. The van der Waals surface area contributed by atoms with E-state index < -0.39 is 0 Å². The average Bonchev–Trinajstić information content (AvgIpc) is 3.14. The summed E-state index contributed by atoms with van der Waals surface area (Å²) in [5, 5.41) is 4.21. The highest BCUT2D eigenvalue weighted by molar-refractivity contribution is 5.58. The van der Waals surface area contributed by atoms with Gasteiger partial charge in [-0.3, -0.25) is 4.98 Å². The maximum atomic E-state index is 5.61. The quantitative estimate of drug-likeness (QED) is 0.802. The predicted molar refractivity (Wildman–Crippen MR) is 97.6 cm³/mol. The van der Waals surface area contributed by atoms with Gasteiger partial charge in [-0.1, -0.05) is 24.2 Å². The molecule has 0 aromatic carbocycles. The molecule has 25 heavy (non-hydrogen) atoms. The summed E-state index contributed by atoms with van der Waals surface area (Å²) < 4.78 is 5.61. The largest absolute Gasteiger partial charge is 0.369 e. The second-order valence-electron chi connectivity index (χ2n) is 7.39. The van der Waals surface area contributed by atoms with E-state index >= 15 is 0 Å². The van der Waals surface area contributed by atoms with Crippen LogP contribution in [0.5, 0.6) is 0 Å². The summed E-state index contributed by atoms with van der Waals surface area (Å²) >= 11 is 0. The zero-order valence-corrected chi connectivity index (χ0v) is 15.0. The van der Waals surface area contributed by atoms with E-state index in [9.17, 15) is 0 Å². The zero-order valence-electron chi connectivity index (χ0n) is 15.0. The van der Waals surface area contributed by atoms with Crippen molar-refractivity contribution in [2.45, 2.75) is 31.6 Å². The second kappa shape index (κ2) is 6.59. The molecule has 0 bridgehead atoms. The third kappa shape index (κ3) is 3.31. The monoisotopic (exact) mass is 339 g/mol. The van der Waals surface area contributed by atoms with E-state index in [2.05, 4.69) is 63.2 Å². The lowest BCUT2D eigenvalue weighted by Crippen LogP contribution is -2.44. The van der Waals surface area contributed by atoms with E-state index in [1.807, 2.05) is 6.20 Å². The van der Waals surface area contributed by atoms with Gasteiger partial charge in [-0.2, -0.15) is 4.98 Å². The molecule has 1 atom stereocenters. The summed E-state index contributed by atoms with van der Waals surface area (Å²) in [5.74, 6) is 1.31. The minimum Gasteiger partial charge on any atom is -0.369 e. The number of aromatic nitrogens is 3. The molecule has 1 aliphatic carbocycles. The molecule has 132 valence electrons. The Morgan fingerprint density at radius 2 is 2.00 bits per heavy atom. The summed E-state index contributed by atoms with van der Waals surface area (Å²) in [7, 11) is 2.16. The van der Waals surface area contributed by atoms with Crippen molar-refractivity contribution in [1.29, 1.82) is 0 Å². The fourth-order valence-electron chi connectivity index (χ4n) is 3.54. The summed E-state index contributed by atoms with van der Waals surface area (Å²) in [6.07, 6.45) is 9.32. The summed E-state index contributed by atoms with van der Waals surface area (Å²) in [6.45, 7) is 6.41. The van der Waals surface area contributed by atoms with E-state index in [0.717, 1.165) is 57.0 Å². The van der Waals surface area contributed by atoms with Crippen LogP contribution in [-0.4, -0.2) is 53.3 Å². The molecule has 1 unspecified atom stereocenters. The van der Waals surface area contributed by atoms with Crippen LogP contribution in [-0.2, 0) is 5.41 Å². The van der Waals surface area contributed by atoms with E-state index in [-0.39, 0.29) is 5.41 Å². The predicted octanol–water partition coefficient (Wildman–Crippen LogP) is 2.88. The molecule has 1 aliphatic heterocycles. The Morgan fingerprint density at radius 1 is 1.16 bits per heavy atom. The fourth-order valence-corrected chi connectivity index (χ4v) is 3.54. The van der Waals surface area contributed by atoms with Gasteiger partial charge in [0.2, 0.25) is 11.7 Å². The molecule has 3 heterocycles. The van der Waals surface area contributed by atoms with Crippen LogP contribution in [0.1, 0.15) is 32.1 Å². The van der Waals surface area contributed by atoms with E-state index in [1.165, 1.54) is 5.69 Å². The Labute approximate surface area is 148 Å². The SMILES string of the molecule is CN1CCN(c2ccnc(-c3noc(C4(C)CC=CCC4)n3)c2)CC1. The maximum absolute atomic E-state index is 5.61. The van der Waals surface area contributed by atoms with Crippen LogP contribution < -0.4 is 4.90 Å². The van der Waals surface area contributed by atoms with Gasteiger partial charge in [0.1, 0.15) is 5.69 Å². The first kappa shape index (κ1) is 16.3. The fraction of sp³-hybridized carbons (Fsp3) is 0.526. The molecule has 2 aliphatic rings. The van der Waals surface area contributed by atoms with Gasteiger partial charge in [-0.25, -0.2) is 0 Å². The van der Waals surface area contributed by atoms with E-state index in [0.29, 0.717) is 5.82 Å². The summed E-state index contributed by atoms with van der Waals surface area (Å²) in [4.78, 5) is 13.9. The topological polar surface area (TPSA) is 58.3 Å². The van der Waals surface area contributed by atoms with Crippen LogP contribution in [0.4, 0.5) is 5.69 Å². The van der Waals surface area contributed by atoms with Gasteiger partial charge in [0.25, 0.3) is 0 Å². The number of piperazine rings is 1. The molecule has 0 amide bonds. The van der Waals surface area contributed by atoms with Crippen LogP contribution in [0.25, 0.3) is 11.5 Å². The Kier molecular flexibility index (Phi) is 4.29. The van der Waals surface area contributed by atoms with Crippen LogP contribution in [0, 0.1) is 0 Å². The Morgan fingerprint density at radius 3 is 2.76 bits per heavy atom. The highest BCUT2D eigenvalue weighted by atomic mass is 16.5. The Hall–Kier alpha value is -2.21. The van der Waals surface area contributed by atoms with Crippen molar-refractivity contribution in [3.8, 4) is 11.5 Å². The third-order valence-corrected chi connectivity index (χ3v) is 5.38. The van der Waals surface area contributed by atoms with Crippen molar-refractivity contribution in [1.82, 2.24) is 20.0 Å². The lowest BCUT2D eigenvalue weighted by atomic mass is 9.79. The number of pyridine rings is 1. The molecule has 2 aromatic heterocycles. The van der Waals surface area contributed by atoms with Gasteiger partial charge in [0.15, 0.2) is 0 Å². The van der Waals surface area contributed by atoms with E-state index in [4.69, 9.17) is 4.52 Å². The highest BCUT2D eigenvalue weighted by Gasteiger charge is 2.33. The minimum atomic E-state index is -0.0605. The normalized spacial score (nSPS) is 24.6. The van der Waals surface area contributed by atoms with Crippen molar-refractivity contribution in [3.63, 3.8) is 0 Å². The average molecular weight is 339 g/mol. The molecule has 1 fully saturated rings. The Balaban J connectivity index is 1.56. The number of hydrogen-bond acceptors (Lipinski definition) is 6. The number of hydrogen-bond donors (Lipinski definition) is 0. The number of anilines is 1. The summed E-state index contributed by atoms with van der Waals surface area (Å²) in [5.41, 5.74) is 1.90. The molecule has 6 heteroatoms. The standard InChI is InChI=1S/C19H25N5O/c1-19(7-4-3-5-8-19)18-21-17(22-25-18)16-14-15(6-9-20-16)24-12-10-23(2)11-13-24/h3-4,6,9,14H,5,7-8,10-13H2,1-2H3. The smallest absolute Gasteiger partial charge is 0.233 e. The number of rotatable bonds is 3. The molecule has 1 saturated heterocycles. The molecule has 0 N–H and O–H groups in total. The molecule has 0 radical (unpaired) electrons. The first-order valence-corrected chi connectivity index (χ1v) is 9.03. The van der Waals surface area contributed by atoms with Crippen molar-refractivity contribution >= 4 is 5.69 Å². The van der Waals surface area contributed by atoms with Crippen LogP contribution in [0.15, 0.2) is 35.0 Å². The van der Waals surface area contributed by atoms with Crippen molar-refractivity contribution < 1.29 is 4.52 Å². The summed E-state index contributed by atoms with van der Waals surface area (Å²) in [6, 6.07) is 4.13. The number of nitrogens with zero attached hydrogens (tertiary/aromatic N) is 5. The lowest BCUT2D eigenvalue weighted by molar-refractivity contribution is 0.277. The first-order valence-electron chi connectivity index (χ1n) is 9.03. The number of allylic oxidation sites excluding steroid dienone is 2. The molecule has 0 spiro atoms. The van der Waals surface area contributed by atoms with Gasteiger partial charge in [0, 0.05) is 38.1 Å². The molecule has 6 nitrogen and oxygen atoms in total. The minimum absolute atomic E-state index is 0.0605. The van der Waals surface area contributed by atoms with Gasteiger partial charge in [0.05, 0.1) is 5.41 Å².